The van der Waals surface area contributed by atoms with E-state index >= 15 is 0 Å². The molecule has 1 heterocycles. The van der Waals surface area contributed by atoms with E-state index in [0.717, 1.165) is 36.5 Å². The maximum atomic E-state index is 4.58. The fourth-order valence-corrected chi connectivity index (χ4v) is 1.33. The molecule has 0 spiro atoms. The molecule has 3 nitrogen and oxygen atoms in total. The highest BCUT2D eigenvalue weighted by Crippen LogP contribution is 2.13. The largest absolute Gasteiger partial charge is 0.366 e. The van der Waals surface area contributed by atoms with E-state index < -0.39 is 0 Å². The fraction of sp³-hybridized carbons (Fsp3) is 0.667. The molecule has 0 radical (unpaired) electrons. The molecule has 15 heavy (non-hydrogen) atoms. The molecule has 1 aromatic rings. The maximum absolute atomic E-state index is 4.58. The van der Waals surface area contributed by atoms with Crippen molar-refractivity contribution in [1.82, 2.24) is 9.97 Å². The van der Waals surface area contributed by atoms with Crippen LogP contribution in [0.15, 0.2) is 6.20 Å². The van der Waals surface area contributed by atoms with Crippen molar-refractivity contribution in [3.05, 3.63) is 17.6 Å². The summed E-state index contributed by atoms with van der Waals surface area (Å²) in [7, 11) is 0. The molecule has 0 saturated carbocycles. The Morgan fingerprint density at radius 1 is 1.27 bits per heavy atom. The zero-order valence-electron chi connectivity index (χ0n) is 10.2. The number of aromatic nitrogens is 2. The molecule has 0 fully saturated rings. The Kier molecular flexibility index (Phi) is 4.53. The van der Waals surface area contributed by atoms with Gasteiger partial charge in [0.05, 0.1) is 11.4 Å². The van der Waals surface area contributed by atoms with E-state index in [2.05, 4.69) is 43.0 Å². The Labute approximate surface area is 92.3 Å². The third-order valence-electron chi connectivity index (χ3n) is 2.59. The van der Waals surface area contributed by atoms with Crippen molar-refractivity contribution in [1.29, 1.82) is 0 Å². The second-order valence-corrected chi connectivity index (χ2v) is 3.82. The van der Waals surface area contributed by atoms with Crippen molar-refractivity contribution in [3.8, 4) is 0 Å². The molecule has 0 aromatic carbocycles. The summed E-state index contributed by atoms with van der Waals surface area (Å²) in [5, 5.41) is 3.41. The first-order chi connectivity index (χ1) is 7.21. The summed E-state index contributed by atoms with van der Waals surface area (Å²) in [5.41, 5.74) is 2.12. The lowest BCUT2D eigenvalue weighted by molar-refractivity contribution is 0.751. The molecular weight excluding hydrogens is 186 g/mol. The van der Waals surface area contributed by atoms with Crippen LogP contribution in [0.4, 0.5) is 5.82 Å². The smallest absolute Gasteiger partial charge is 0.148 e. The number of nitrogens with one attached hydrogen (secondary N) is 1. The number of hydrogen-bond donors (Lipinski definition) is 1. The summed E-state index contributed by atoms with van der Waals surface area (Å²) in [5.74, 6) is 0.964. The quantitative estimate of drug-likeness (QED) is 0.806. The molecular formula is C12H21N3. The molecule has 0 amide bonds. The number of nitrogens with zero attached hydrogens (tertiary/aromatic N) is 2. The van der Waals surface area contributed by atoms with E-state index in [0.29, 0.717) is 6.04 Å². The fourth-order valence-electron chi connectivity index (χ4n) is 1.33. The van der Waals surface area contributed by atoms with Gasteiger partial charge in [-0.3, -0.25) is 4.98 Å². The molecule has 1 N–H and O–H groups in total. The minimum absolute atomic E-state index is 0.455. The standard InChI is InChI=1S/C12H21N3/c1-5-9(4)14-12-11(7-3)13-8-10(6-2)15-12/h8-9H,5-7H2,1-4H3,(H,14,15)/t9-/m1/s1. The Bertz CT molecular complexity index is 310. The van der Waals surface area contributed by atoms with Crippen LogP contribution in [0, 0.1) is 0 Å². The molecule has 0 bridgehead atoms. The normalized spacial score (nSPS) is 12.5. The van der Waals surface area contributed by atoms with Crippen LogP contribution in [-0.2, 0) is 12.8 Å². The van der Waals surface area contributed by atoms with Gasteiger partial charge in [0.15, 0.2) is 0 Å². The Morgan fingerprint density at radius 3 is 2.53 bits per heavy atom. The predicted molar refractivity (Wildman–Crippen MR) is 64.2 cm³/mol. The van der Waals surface area contributed by atoms with E-state index in [1.54, 1.807) is 0 Å². The third-order valence-corrected chi connectivity index (χ3v) is 2.59. The van der Waals surface area contributed by atoms with Crippen LogP contribution in [0.3, 0.4) is 0 Å². The van der Waals surface area contributed by atoms with Crippen LogP contribution in [0.1, 0.15) is 45.5 Å². The molecule has 0 aliphatic rings. The van der Waals surface area contributed by atoms with Crippen molar-refractivity contribution in [2.45, 2.75) is 53.0 Å². The number of rotatable bonds is 5. The number of aryl methyl sites for hydroxylation is 2. The zero-order valence-corrected chi connectivity index (χ0v) is 10.2. The van der Waals surface area contributed by atoms with Gasteiger partial charge in [-0.15, -0.1) is 0 Å². The molecule has 0 saturated heterocycles. The lowest BCUT2D eigenvalue weighted by Gasteiger charge is -2.15. The van der Waals surface area contributed by atoms with Crippen LogP contribution in [0.5, 0.6) is 0 Å². The van der Waals surface area contributed by atoms with Gasteiger partial charge in [0.25, 0.3) is 0 Å². The first-order valence-corrected chi connectivity index (χ1v) is 5.82. The Balaban J connectivity index is 2.90. The van der Waals surface area contributed by atoms with Crippen molar-refractivity contribution in [3.63, 3.8) is 0 Å². The minimum Gasteiger partial charge on any atom is -0.366 e. The monoisotopic (exact) mass is 207 g/mol. The molecule has 0 unspecified atom stereocenters. The van der Waals surface area contributed by atoms with Gasteiger partial charge in [-0.05, 0) is 26.2 Å². The van der Waals surface area contributed by atoms with Gasteiger partial charge in [0, 0.05) is 12.2 Å². The summed E-state index contributed by atoms with van der Waals surface area (Å²) >= 11 is 0. The topological polar surface area (TPSA) is 37.8 Å². The van der Waals surface area contributed by atoms with Gasteiger partial charge in [0.1, 0.15) is 5.82 Å². The second kappa shape index (κ2) is 5.69. The van der Waals surface area contributed by atoms with Crippen LogP contribution in [0.2, 0.25) is 0 Å². The highest BCUT2D eigenvalue weighted by Gasteiger charge is 2.07. The van der Waals surface area contributed by atoms with Gasteiger partial charge in [-0.2, -0.15) is 0 Å². The lowest BCUT2D eigenvalue weighted by Crippen LogP contribution is -2.17. The molecule has 0 aliphatic heterocycles. The summed E-state index contributed by atoms with van der Waals surface area (Å²) in [4.78, 5) is 9.01. The molecule has 0 aliphatic carbocycles. The maximum Gasteiger partial charge on any atom is 0.148 e. The van der Waals surface area contributed by atoms with E-state index in [1.807, 2.05) is 6.20 Å². The first kappa shape index (κ1) is 12.0. The predicted octanol–water partition coefficient (Wildman–Crippen LogP) is 2.81. The molecule has 1 rings (SSSR count). The first-order valence-electron chi connectivity index (χ1n) is 5.82. The van der Waals surface area contributed by atoms with Crippen molar-refractivity contribution in [2.75, 3.05) is 5.32 Å². The van der Waals surface area contributed by atoms with E-state index in [1.165, 1.54) is 0 Å². The SMILES string of the molecule is CCc1cnc(CC)c(N[C@H](C)CC)n1. The van der Waals surface area contributed by atoms with Crippen molar-refractivity contribution >= 4 is 5.82 Å². The average Bonchev–Trinajstić information content (AvgIpc) is 2.28. The zero-order chi connectivity index (χ0) is 11.3. The van der Waals surface area contributed by atoms with Gasteiger partial charge >= 0.3 is 0 Å². The van der Waals surface area contributed by atoms with E-state index in [-0.39, 0.29) is 0 Å². The van der Waals surface area contributed by atoms with E-state index in [9.17, 15) is 0 Å². The van der Waals surface area contributed by atoms with Crippen molar-refractivity contribution < 1.29 is 0 Å². The number of anilines is 1. The highest BCUT2D eigenvalue weighted by molar-refractivity contribution is 5.41. The van der Waals surface area contributed by atoms with Gasteiger partial charge in [0.2, 0.25) is 0 Å². The van der Waals surface area contributed by atoms with Crippen molar-refractivity contribution in [2.24, 2.45) is 0 Å². The summed E-state index contributed by atoms with van der Waals surface area (Å²) in [6, 6.07) is 0.455. The van der Waals surface area contributed by atoms with Crippen LogP contribution in [0.25, 0.3) is 0 Å². The van der Waals surface area contributed by atoms with Gasteiger partial charge in [-0.25, -0.2) is 4.98 Å². The number of hydrogen-bond acceptors (Lipinski definition) is 3. The second-order valence-electron chi connectivity index (χ2n) is 3.82. The van der Waals surface area contributed by atoms with Crippen LogP contribution < -0.4 is 5.32 Å². The molecule has 3 heteroatoms. The average molecular weight is 207 g/mol. The Morgan fingerprint density at radius 2 is 2.00 bits per heavy atom. The van der Waals surface area contributed by atoms with Gasteiger partial charge in [-0.1, -0.05) is 20.8 Å². The highest BCUT2D eigenvalue weighted by atomic mass is 15.0. The van der Waals surface area contributed by atoms with E-state index in [4.69, 9.17) is 0 Å². The third kappa shape index (κ3) is 3.18. The lowest BCUT2D eigenvalue weighted by atomic mass is 10.2. The molecule has 1 atom stereocenters. The summed E-state index contributed by atoms with van der Waals surface area (Å²) in [6.45, 7) is 8.54. The minimum atomic E-state index is 0.455. The van der Waals surface area contributed by atoms with Crippen LogP contribution in [-0.4, -0.2) is 16.0 Å². The van der Waals surface area contributed by atoms with Gasteiger partial charge < -0.3 is 5.32 Å². The Hall–Kier alpha value is -1.12. The molecule has 84 valence electrons. The summed E-state index contributed by atoms with van der Waals surface area (Å²) in [6.07, 6.45) is 4.84. The molecule has 1 aromatic heterocycles. The van der Waals surface area contributed by atoms with Crippen LogP contribution >= 0.6 is 0 Å². The summed E-state index contributed by atoms with van der Waals surface area (Å²) < 4.78 is 0.